The second-order valence-corrected chi connectivity index (χ2v) is 4.97. The molecule has 4 atom stereocenters. The summed E-state index contributed by atoms with van der Waals surface area (Å²) in [6.07, 6.45) is 0.791. The van der Waals surface area contributed by atoms with Crippen molar-refractivity contribution in [2.24, 2.45) is 0 Å². The summed E-state index contributed by atoms with van der Waals surface area (Å²) in [5.41, 5.74) is -1.09. The second-order valence-electron chi connectivity index (χ2n) is 3.96. The third-order valence-corrected chi connectivity index (χ3v) is 3.95. The van der Waals surface area contributed by atoms with E-state index in [2.05, 4.69) is 4.98 Å². The van der Waals surface area contributed by atoms with E-state index >= 15 is 0 Å². The van der Waals surface area contributed by atoms with Gasteiger partial charge in [0, 0.05) is 12.3 Å². The van der Waals surface area contributed by atoms with Gasteiger partial charge in [-0.25, -0.2) is 4.79 Å². The van der Waals surface area contributed by atoms with Crippen LogP contribution in [-0.2, 0) is 4.74 Å². The van der Waals surface area contributed by atoms with E-state index in [0.717, 1.165) is 0 Å². The van der Waals surface area contributed by atoms with Crippen LogP contribution in [0.4, 0.5) is 0 Å². The number of ether oxygens (including phenoxy) is 1. The molecule has 0 amide bonds. The van der Waals surface area contributed by atoms with Crippen LogP contribution in [-0.4, -0.2) is 50.1 Å². The Labute approximate surface area is 106 Å². The summed E-state index contributed by atoms with van der Waals surface area (Å²) in [5, 5.41) is 18.6. The van der Waals surface area contributed by atoms with Crippen LogP contribution in [0.2, 0.25) is 0 Å². The summed E-state index contributed by atoms with van der Waals surface area (Å²) >= 11 is 1.34. The molecule has 100 valence electrons. The predicted octanol–water partition coefficient (Wildman–Crippen LogP) is -1.48. The van der Waals surface area contributed by atoms with Crippen LogP contribution in [0.15, 0.2) is 21.9 Å². The number of aliphatic hydroxyl groups excluding tert-OH is 2. The van der Waals surface area contributed by atoms with E-state index in [1.54, 1.807) is 6.26 Å². The maximum atomic E-state index is 11.7. The molecular weight excluding hydrogens is 260 g/mol. The molecule has 1 aliphatic rings. The molecule has 1 unspecified atom stereocenters. The summed E-state index contributed by atoms with van der Waals surface area (Å²) in [6.45, 7) is -0.327. The van der Waals surface area contributed by atoms with Crippen LogP contribution in [0, 0.1) is 0 Å². The standard InChI is InChI=1S/C10H14N2O5S/c1-18-8-7(15)5(4-13)17-9(8)12-3-2-6(14)11-10(12)16/h2-3,5,7-9,13,15H,4H2,1H3,(H,11,14,16)/t5-,7-,8?,9-/m1/s1. The zero-order valence-electron chi connectivity index (χ0n) is 9.65. The van der Waals surface area contributed by atoms with E-state index in [1.165, 1.54) is 28.6 Å². The van der Waals surface area contributed by atoms with Crippen molar-refractivity contribution in [3.05, 3.63) is 33.1 Å². The number of hydrogen-bond acceptors (Lipinski definition) is 6. The van der Waals surface area contributed by atoms with Gasteiger partial charge in [-0.2, -0.15) is 11.8 Å². The third kappa shape index (κ3) is 2.24. The highest BCUT2D eigenvalue weighted by atomic mass is 32.2. The minimum absolute atomic E-state index is 0.327. The van der Waals surface area contributed by atoms with Gasteiger partial charge >= 0.3 is 5.69 Å². The van der Waals surface area contributed by atoms with Gasteiger partial charge in [-0.1, -0.05) is 0 Å². The number of aromatic amines is 1. The maximum absolute atomic E-state index is 11.7. The number of H-pyrrole nitrogens is 1. The summed E-state index contributed by atoms with van der Waals surface area (Å²) in [4.78, 5) is 24.8. The number of aliphatic hydroxyl groups is 2. The molecule has 0 saturated carbocycles. The third-order valence-electron chi connectivity index (χ3n) is 2.89. The molecule has 7 nitrogen and oxygen atoms in total. The molecule has 1 aliphatic heterocycles. The number of nitrogens with zero attached hydrogens (tertiary/aromatic N) is 1. The van der Waals surface area contributed by atoms with Crippen molar-refractivity contribution in [1.29, 1.82) is 0 Å². The summed E-state index contributed by atoms with van der Waals surface area (Å²) in [7, 11) is 0. The molecular formula is C10H14N2O5S. The zero-order valence-corrected chi connectivity index (χ0v) is 10.5. The lowest BCUT2D eigenvalue weighted by Crippen LogP contribution is -2.36. The van der Waals surface area contributed by atoms with E-state index < -0.39 is 29.7 Å². The van der Waals surface area contributed by atoms with Crippen LogP contribution in [0.25, 0.3) is 0 Å². The van der Waals surface area contributed by atoms with Gasteiger partial charge in [0.1, 0.15) is 6.10 Å². The predicted molar refractivity (Wildman–Crippen MR) is 65.6 cm³/mol. The molecule has 1 aromatic heterocycles. The van der Waals surface area contributed by atoms with Gasteiger partial charge in [0.2, 0.25) is 0 Å². The van der Waals surface area contributed by atoms with Crippen LogP contribution in [0.5, 0.6) is 0 Å². The fourth-order valence-electron chi connectivity index (χ4n) is 1.98. The van der Waals surface area contributed by atoms with E-state index in [1.807, 2.05) is 0 Å². The minimum atomic E-state index is -0.867. The quantitative estimate of drug-likeness (QED) is 0.621. The Hall–Kier alpha value is -1.09. The Kier molecular flexibility index (Phi) is 3.91. The van der Waals surface area contributed by atoms with Crippen molar-refractivity contribution in [1.82, 2.24) is 9.55 Å². The monoisotopic (exact) mass is 274 g/mol. The summed E-state index contributed by atoms with van der Waals surface area (Å²) in [5.74, 6) is 0. The van der Waals surface area contributed by atoms with Crippen molar-refractivity contribution in [2.45, 2.75) is 23.7 Å². The molecule has 0 aromatic carbocycles. The molecule has 1 saturated heterocycles. The van der Waals surface area contributed by atoms with Crippen LogP contribution in [0.3, 0.4) is 0 Å². The summed E-state index contributed by atoms with van der Waals surface area (Å²) < 4.78 is 6.66. The summed E-state index contributed by atoms with van der Waals surface area (Å²) in [6, 6.07) is 1.21. The molecule has 2 rings (SSSR count). The molecule has 0 bridgehead atoms. The van der Waals surface area contributed by atoms with Crippen molar-refractivity contribution >= 4 is 11.8 Å². The number of hydrogen-bond donors (Lipinski definition) is 3. The molecule has 0 spiro atoms. The highest BCUT2D eigenvalue weighted by molar-refractivity contribution is 7.99. The van der Waals surface area contributed by atoms with Gasteiger partial charge in [-0.05, 0) is 6.26 Å². The molecule has 0 aliphatic carbocycles. The first kappa shape index (κ1) is 13.3. The Balaban J connectivity index is 2.38. The van der Waals surface area contributed by atoms with Crippen molar-refractivity contribution in [3.8, 4) is 0 Å². The van der Waals surface area contributed by atoms with Crippen molar-refractivity contribution in [2.75, 3.05) is 12.9 Å². The largest absolute Gasteiger partial charge is 0.394 e. The normalized spacial score (nSPS) is 31.7. The van der Waals surface area contributed by atoms with E-state index in [9.17, 15) is 14.7 Å². The fraction of sp³-hybridized carbons (Fsp3) is 0.600. The van der Waals surface area contributed by atoms with E-state index in [-0.39, 0.29) is 11.9 Å². The van der Waals surface area contributed by atoms with E-state index in [0.29, 0.717) is 0 Å². The first-order valence-electron chi connectivity index (χ1n) is 5.37. The van der Waals surface area contributed by atoms with Gasteiger partial charge in [0.25, 0.3) is 5.56 Å². The highest BCUT2D eigenvalue weighted by Gasteiger charge is 2.44. The molecule has 0 radical (unpaired) electrons. The lowest BCUT2D eigenvalue weighted by molar-refractivity contribution is -0.0457. The SMILES string of the molecule is CSC1[C@H](n2ccc(=O)[nH]c2=O)O[C@H](CO)[C@H]1O. The topological polar surface area (TPSA) is 105 Å². The van der Waals surface area contributed by atoms with Gasteiger partial charge in [0.15, 0.2) is 6.23 Å². The Morgan fingerprint density at radius 2 is 2.28 bits per heavy atom. The Morgan fingerprint density at radius 1 is 1.56 bits per heavy atom. The van der Waals surface area contributed by atoms with Crippen LogP contribution >= 0.6 is 11.8 Å². The molecule has 8 heteroatoms. The first-order chi connectivity index (χ1) is 8.58. The Bertz CT molecular complexity index is 527. The van der Waals surface area contributed by atoms with Crippen LogP contribution < -0.4 is 11.2 Å². The molecule has 18 heavy (non-hydrogen) atoms. The van der Waals surface area contributed by atoms with Gasteiger partial charge < -0.3 is 14.9 Å². The average molecular weight is 274 g/mol. The highest BCUT2D eigenvalue weighted by Crippen LogP contribution is 2.35. The second kappa shape index (κ2) is 5.27. The van der Waals surface area contributed by atoms with Gasteiger partial charge in [-0.3, -0.25) is 14.3 Å². The lowest BCUT2D eigenvalue weighted by atomic mass is 10.2. The van der Waals surface area contributed by atoms with Crippen molar-refractivity contribution < 1.29 is 14.9 Å². The lowest BCUT2D eigenvalue weighted by Gasteiger charge is -2.19. The van der Waals surface area contributed by atoms with Gasteiger partial charge in [-0.15, -0.1) is 0 Å². The zero-order chi connectivity index (χ0) is 13.3. The smallest absolute Gasteiger partial charge is 0.330 e. The number of rotatable bonds is 3. The molecule has 1 aromatic rings. The fourth-order valence-corrected chi connectivity index (χ4v) is 2.86. The number of thioether (sulfide) groups is 1. The average Bonchev–Trinajstić information content (AvgIpc) is 2.65. The van der Waals surface area contributed by atoms with Crippen molar-refractivity contribution in [3.63, 3.8) is 0 Å². The molecule has 2 heterocycles. The maximum Gasteiger partial charge on any atom is 0.330 e. The minimum Gasteiger partial charge on any atom is -0.394 e. The molecule has 3 N–H and O–H groups in total. The first-order valence-corrected chi connectivity index (χ1v) is 6.66. The van der Waals surface area contributed by atoms with E-state index in [4.69, 9.17) is 9.84 Å². The number of nitrogens with one attached hydrogen (secondary N) is 1. The Morgan fingerprint density at radius 3 is 2.83 bits per heavy atom. The van der Waals surface area contributed by atoms with Crippen LogP contribution in [0.1, 0.15) is 6.23 Å². The number of aromatic nitrogens is 2. The van der Waals surface area contributed by atoms with Gasteiger partial charge in [0.05, 0.1) is 18.0 Å². The molecule has 1 fully saturated rings.